The fourth-order valence-corrected chi connectivity index (χ4v) is 3.35. The van der Waals surface area contributed by atoms with Crippen LogP contribution in [0.2, 0.25) is 0 Å². The molecule has 0 spiro atoms. The van der Waals surface area contributed by atoms with E-state index in [-0.39, 0.29) is 11.7 Å². The lowest BCUT2D eigenvalue weighted by molar-refractivity contribution is -0.152. The quantitative estimate of drug-likeness (QED) is 0.553. The van der Waals surface area contributed by atoms with Gasteiger partial charge < -0.3 is 14.8 Å². The van der Waals surface area contributed by atoms with Crippen LogP contribution >= 0.6 is 11.8 Å². The predicted molar refractivity (Wildman–Crippen MR) is 107 cm³/mol. The van der Waals surface area contributed by atoms with Crippen molar-refractivity contribution in [2.75, 3.05) is 12.9 Å². The Morgan fingerprint density at radius 1 is 1.15 bits per heavy atom. The lowest BCUT2D eigenvalue weighted by Gasteiger charge is -2.15. The van der Waals surface area contributed by atoms with E-state index in [1.165, 1.54) is 17.3 Å². The van der Waals surface area contributed by atoms with Crippen molar-refractivity contribution in [2.45, 2.75) is 38.3 Å². The van der Waals surface area contributed by atoms with Crippen molar-refractivity contribution >= 4 is 23.6 Å². The van der Waals surface area contributed by atoms with E-state index in [1.807, 2.05) is 50.2 Å². The molecule has 0 radical (unpaired) electrons. The second kappa shape index (κ2) is 10.0. The number of ether oxygens (including phenoxy) is 2. The number of methoxy groups -OCH3 is 1. The number of para-hydroxylation sites is 1. The lowest BCUT2D eigenvalue weighted by atomic mass is 10.2. The van der Waals surface area contributed by atoms with Crippen LogP contribution in [-0.2, 0) is 20.9 Å². The van der Waals surface area contributed by atoms with Gasteiger partial charge in [-0.25, -0.2) is 0 Å². The number of esters is 1. The standard InChI is InChI=1S/C21H25NO4S/c1-14-9-10-19(15(2)11-14)27-13-20(23)26-16(3)21(24)22-12-17-7-5-6-8-18(17)25-4/h5-11,16H,12-13H2,1-4H3,(H,22,24)/t16-/m0/s1. The molecule has 0 saturated heterocycles. The number of carbonyl (C=O) groups is 2. The molecule has 6 heteroatoms. The average molecular weight is 388 g/mol. The number of aryl methyl sites for hydroxylation is 2. The molecule has 27 heavy (non-hydrogen) atoms. The highest BCUT2D eigenvalue weighted by Gasteiger charge is 2.18. The minimum Gasteiger partial charge on any atom is -0.496 e. The van der Waals surface area contributed by atoms with Crippen LogP contribution in [-0.4, -0.2) is 30.8 Å². The zero-order valence-corrected chi connectivity index (χ0v) is 16.9. The SMILES string of the molecule is COc1ccccc1CNC(=O)[C@H](C)OC(=O)CSc1ccc(C)cc1C. The maximum Gasteiger partial charge on any atom is 0.317 e. The number of thioether (sulfide) groups is 1. The smallest absolute Gasteiger partial charge is 0.317 e. The highest BCUT2D eigenvalue weighted by atomic mass is 32.2. The Hall–Kier alpha value is -2.47. The second-order valence-electron chi connectivity index (χ2n) is 6.22. The van der Waals surface area contributed by atoms with E-state index in [0.717, 1.165) is 16.0 Å². The van der Waals surface area contributed by atoms with Gasteiger partial charge in [0.25, 0.3) is 5.91 Å². The summed E-state index contributed by atoms with van der Waals surface area (Å²) in [7, 11) is 1.58. The molecule has 0 aliphatic heterocycles. The van der Waals surface area contributed by atoms with Crippen molar-refractivity contribution in [3.8, 4) is 5.75 Å². The summed E-state index contributed by atoms with van der Waals surface area (Å²) in [6.45, 7) is 5.91. The number of hydrogen-bond acceptors (Lipinski definition) is 5. The molecule has 0 fully saturated rings. The predicted octanol–water partition coefficient (Wildman–Crippen LogP) is 3.65. The summed E-state index contributed by atoms with van der Waals surface area (Å²) in [5.74, 6) is 0.103. The summed E-state index contributed by atoms with van der Waals surface area (Å²) < 4.78 is 10.5. The van der Waals surface area contributed by atoms with Gasteiger partial charge in [-0.15, -0.1) is 11.8 Å². The normalized spacial score (nSPS) is 11.6. The number of amides is 1. The van der Waals surface area contributed by atoms with Gasteiger partial charge in [0, 0.05) is 17.0 Å². The van der Waals surface area contributed by atoms with Gasteiger partial charge in [0.2, 0.25) is 0 Å². The number of nitrogens with one attached hydrogen (secondary N) is 1. The molecule has 0 aliphatic carbocycles. The third kappa shape index (κ3) is 6.32. The number of benzene rings is 2. The number of rotatable bonds is 8. The molecular formula is C21H25NO4S. The second-order valence-corrected chi connectivity index (χ2v) is 7.24. The van der Waals surface area contributed by atoms with Crippen LogP contribution in [0.1, 0.15) is 23.6 Å². The Morgan fingerprint density at radius 3 is 2.59 bits per heavy atom. The maximum absolute atomic E-state index is 12.2. The van der Waals surface area contributed by atoms with Crippen LogP contribution in [0.3, 0.4) is 0 Å². The van der Waals surface area contributed by atoms with E-state index in [0.29, 0.717) is 12.3 Å². The molecule has 2 aromatic carbocycles. The Balaban J connectivity index is 1.80. The fraction of sp³-hybridized carbons (Fsp3) is 0.333. The third-order valence-corrected chi connectivity index (χ3v) is 5.15. The van der Waals surface area contributed by atoms with E-state index in [1.54, 1.807) is 14.0 Å². The maximum atomic E-state index is 12.2. The van der Waals surface area contributed by atoms with Gasteiger partial charge in [0.05, 0.1) is 12.9 Å². The molecule has 1 atom stereocenters. The third-order valence-electron chi connectivity index (χ3n) is 4.00. The van der Waals surface area contributed by atoms with Crippen molar-refractivity contribution < 1.29 is 19.1 Å². The molecule has 144 valence electrons. The Labute approximate surface area is 164 Å². The lowest BCUT2D eigenvalue weighted by Crippen LogP contribution is -2.35. The summed E-state index contributed by atoms with van der Waals surface area (Å²) in [5.41, 5.74) is 3.16. The molecule has 5 nitrogen and oxygen atoms in total. The fourth-order valence-electron chi connectivity index (χ4n) is 2.56. The van der Waals surface area contributed by atoms with E-state index in [9.17, 15) is 9.59 Å². The van der Waals surface area contributed by atoms with E-state index in [4.69, 9.17) is 9.47 Å². The van der Waals surface area contributed by atoms with Crippen LogP contribution in [0.4, 0.5) is 0 Å². The highest BCUT2D eigenvalue weighted by molar-refractivity contribution is 8.00. The minimum atomic E-state index is -0.855. The van der Waals surface area contributed by atoms with Crippen LogP contribution in [0.25, 0.3) is 0 Å². The molecule has 0 aromatic heterocycles. The summed E-state index contributed by atoms with van der Waals surface area (Å²) in [4.78, 5) is 25.3. The largest absolute Gasteiger partial charge is 0.496 e. The monoisotopic (exact) mass is 387 g/mol. The van der Waals surface area contributed by atoms with Crippen molar-refractivity contribution in [2.24, 2.45) is 0 Å². The average Bonchev–Trinajstić information content (AvgIpc) is 2.65. The highest BCUT2D eigenvalue weighted by Crippen LogP contribution is 2.23. The topological polar surface area (TPSA) is 64.6 Å². The van der Waals surface area contributed by atoms with Crippen LogP contribution in [0.15, 0.2) is 47.4 Å². The molecule has 0 saturated carbocycles. The molecule has 0 unspecified atom stereocenters. The van der Waals surface area contributed by atoms with Crippen LogP contribution in [0.5, 0.6) is 5.75 Å². The van der Waals surface area contributed by atoms with Crippen molar-refractivity contribution in [3.63, 3.8) is 0 Å². The van der Waals surface area contributed by atoms with Gasteiger partial charge in [-0.1, -0.05) is 35.9 Å². The van der Waals surface area contributed by atoms with Crippen molar-refractivity contribution in [1.29, 1.82) is 0 Å². The molecular weight excluding hydrogens is 362 g/mol. The molecule has 2 aromatic rings. The zero-order chi connectivity index (χ0) is 19.8. The molecule has 0 aliphatic rings. The number of hydrogen-bond donors (Lipinski definition) is 1. The van der Waals surface area contributed by atoms with Crippen LogP contribution in [0, 0.1) is 13.8 Å². The molecule has 0 bridgehead atoms. The van der Waals surface area contributed by atoms with Gasteiger partial charge in [-0.05, 0) is 38.5 Å². The first-order chi connectivity index (χ1) is 12.9. The van der Waals surface area contributed by atoms with Gasteiger partial charge in [-0.3, -0.25) is 9.59 Å². The van der Waals surface area contributed by atoms with Crippen LogP contribution < -0.4 is 10.1 Å². The summed E-state index contributed by atoms with van der Waals surface area (Å²) >= 11 is 1.41. The zero-order valence-electron chi connectivity index (χ0n) is 16.1. The summed E-state index contributed by atoms with van der Waals surface area (Å²) in [6.07, 6.45) is -0.855. The Bertz CT molecular complexity index is 807. The van der Waals surface area contributed by atoms with Crippen molar-refractivity contribution in [1.82, 2.24) is 5.32 Å². The first-order valence-corrected chi connectivity index (χ1v) is 9.68. The van der Waals surface area contributed by atoms with Gasteiger partial charge in [0.15, 0.2) is 6.10 Å². The Morgan fingerprint density at radius 2 is 1.89 bits per heavy atom. The van der Waals surface area contributed by atoms with E-state index in [2.05, 4.69) is 11.4 Å². The van der Waals surface area contributed by atoms with Gasteiger partial charge in [-0.2, -0.15) is 0 Å². The van der Waals surface area contributed by atoms with Crippen molar-refractivity contribution in [3.05, 3.63) is 59.2 Å². The first-order valence-electron chi connectivity index (χ1n) is 8.70. The summed E-state index contributed by atoms with van der Waals surface area (Å²) in [5, 5.41) is 2.76. The molecule has 0 heterocycles. The van der Waals surface area contributed by atoms with E-state index >= 15 is 0 Å². The molecule has 1 N–H and O–H groups in total. The van der Waals surface area contributed by atoms with E-state index < -0.39 is 12.1 Å². The minimum absolute atomic E-state index is 0.161. The van der Waals surface area contributed by atoms with Gasteiger partial charge in [0.1, 0.15) is 5.75 Å². The molecule has 2 rings (SSSR count). The molecule has 1 amide bonds. The Kier molecular flexibility index (Phi) is 7.73. The summed E-state index contributed by atoms with van der Waals surface area (Å²) in [6, 6.07) is 13.5. The number of carbonyl (C=O) groups excluding carboxylic acids is 2. The first kappa shape index (κ1) is 20.8. The van der Waals surface area contributed by atoms with Gasteiger partial charge >= 0.3 is 5.97 Å².